The molecule has 0 amide bonds. The first-order valence-electron chi connectivity index (χ1n) is 6.42. The Labute approximate surface area is 114 Å². The first-order chi connectivity index (χ1) is 8.69. The van der Waals surface area contributed by atoms with E-state index in [4.69, 9.17) is 21.1 Å². The summed E-state index contributed by atoms with van der Waals surface area (Å²) in [5.74, 6) is 1.26. The Morgan fingerprint density at radius 2 is 1.89 bits per heavy atom. The first-order valence-corrected chi connectivity index (χ1v) is 6.80. The van der Waals surface area contributed by atoms with Gasteiger partial charge in [0.1, 0.15) is 17.6 Å². The maximum Gasteiger partial charge on any atom is 0.221 e. The number of hydrogen-bond acceptors (Lipinski definition) is 4. The third kappa shape index (κ3) is 4.78. The predicted molar refractivity (Wildman–Crippen MR) is 72.4 cm³/mol. The Balaban J connectivity index is 2.44. The van der Waals surface area contributed by atoms with Gasteiger partial charge in [0.25, 0.3) is 0 Å². The van der Waals surface area contributed by atoms with Gasteiger partial charge in [0.2, 0.25) is 5.88 Å². The largest absolute Gasteiger partial charge is 0.475 e. The first kappa shape index (κ1) is 15.2. The molecule has 0 spiro atoms. The standard InChI is InChI=1S/C13H21ClN2O2/c1-4-6-7-17-8-9-18-13-10(3)12(14)15-11(5-2)16-13/h4-9H2,1-3H3. The second-order valence-electron chi connectivity index (χ2n) is 4.03. The van der Waals surface area contributed by atoms with Crippen LogP contribution in [0.25, 0.3) is 0 Å². The van der Waals surface area contributed by atoms with Crippen LogP contribution in [0.1, 0.15) is 38.1 Å². The number of rotatable bonds is 8. The average Bonchev–Trinajstić information content (AvgIpc) is 2.38. The number of unbranched alkanes of at least 4 members (excludes halogenated alkanes) is 1. The lowest BCUT2D eigenvalue weighted by Crippen LogP contribution is -2.10. The predicted octanol–water partition coefficient (Wildman–Crippen LogP) is 3.20. The van der Waals surface area contributed by atoms with Crippen molar-refractivity contribution in [2.24, 2.45) is 0 Å². The van der Waals surface area contributed by atoms with Gasteiger partial charge in [0, 0.05) is 18.6 Å². The van der Waals surface area contributed by atoms with Gasteiger partial charge < -0.3 is 9.47 Å². The highest BCUT2D eigenvalue weighted by Gasteiger charge is 2.09. The molecule has 18 heavy (non-hydrogen) atoms. The quantitative estimate of drug-likeness (QED) is 0.538. The molecule has 0 saturated carbocycles. The minimum absolute atomic E-state index is 0.462. The van der Waals surface area contributed by atoms with E-state index in [0.29, 0.717) is 30.1 Å². The maximum absolute atomic E-state index is 6.02. The molecule has 0 aliphatic rings. The van der Waals surface area contributed by atoms with Crippen LogP contribution in [0.3, 0.4) is 0 Å². The van der Waals surface area contributed by atoms with Crippen molar-refractivity contribution < 1.29 is 9.47 Å². The van der Waals surface area contributed by atoms with Crippen LogP contribution >= 0.6 is 11.6 Å². The highest BCUT2D eigenvalue weighted by Crippen LogP contribution is 2.21. The van der Waals surface area contributed by atoms with E-state index in [1.54, 1.807) is 0 Å². The van der Waals surface area contributed by atoms with Crippen molar-refractivity contribution in [1.82, 2.24) is 9.97 Å². The maximum atomic E-state index is 6.02. The highest BCUT2D eigenvalue weighted by atomic mass is 35.5. The van der Waals surface area contributed by atoms with E-state index in [0.717, 1.165) is 31.4 Å². The molecule has 0 N–H and O–H groups in total. The Bertz CT molecular complexity index is 372. The topological polar surface area (TPSA) is 44.2 Å². The van der Waals surface area contributed by atoms with Crippen molar-refractivity contribution >= 4 is 11.6 Å². The number of aromatic nitrogens is 2. The summed E-state index contributed by atoms with van der Waals surface area (Å²) in [7, 11) is 0. The molecule has 0 atom stereocenters. The van der Waals surface area contributed by atoms with Crippen LogP contribution < -0.4 is 4.74 Å². The van der Waals surface area contributed by atoms with Crippen LogP contribution in [-0.4, -0.2) is 29.8 Å². The molecule has 0 aliphatic carbocycles. The molecular weight excluding hydrogens is 252 g/mol. The zero-order valence-corrected chi connectivity index (χ0v) is 12.1. The van der Waals surface area contributed by atoms with Gasteiger partial charge in [-0.25, -0.2) is 4.98 Å². The van der Waals surface area contributed by atoms with E-state index in [9.17, 15) is 0 Å². The summed E-state index contributed by atoms with van der Waals surface area (Å²) in [4.78, 5) is 8.48. The highest BCUT2D eigenvalue weighted by molar-refractivity contribution is 6.30. The smallest absolute Gasteiger partial charge is 0.221 e. The fourth-order valence-corrected chi connectivity index (χ4v) is 1.53. The van der Waals surface area contributed by atoms with Crippen molar-refractivity contribution in [2.75, 3.05) is 19.8 Å². The van der Waals surface area contributed by atoms with Crippen LogP contribution in [0.4, 0.5) is 0 Å². The molecule has 0 bridgehead atoms. The van der Waals surface area contributed by atoms with Crippen molar-refractivity contribution in [1.29, 1.82) is 0 Å². The molecule has 1 heterocycles. The van der Waals surface area contributed by atoms with E-state index in [1.165, 1.54) is 0 Å². The molecule has 102 valence electrons. The van der Waals surface area contributed by atoms with Crippen LogP contribution in [0, 0.1) is 6.92 Å². The number of aryl methyl sites for hydroxylation is 1. The molecular formula is C13H21ClN2O2. The van der Waals surface area contributed by atoms with Crippen LogP contribution in [0.15, 0.2) is 0 Å². The molecule has 0 unspecified atom stereocenters. The molecule has 0 fully saturated rings. The number of halogens is 1. The van der Waals surface area contributed by atoms with Gasteiger partial charge in [0.15, 0.2) is 0 Å². The molecule has 1 aromatic rings. The SMILES string of the molecule is CCCCOCCOc1nc(CC)nc(Cl)c1C. The number of nitrogens with zero attached hydrogens (tertiary/aromatic N) is 2. The molecule has 1 aromatic heterocycles. The van der Waals surface area contributed by atoms with Gasteiger partial charge >= 0.3 is 0 Å². The summed E-state index contributed by atoms with van der Waals surface area (Å²) in [5, 5.41) is 0.462. The number of ether oxygens (including phenoxy) is 2. The van der Waals surface area contributed by atoms with Crippen molar-refractivity contribution in [3.05, 3.63) is 16.5 Å². The third-order valence-corrected chi connectivity index (χ3v) is 2.88. The summed E-state index contributed by atoms with van der Waals surface area (Å²) < 4.78 is 11.0. The molecule has 0 aliphatic heterocycles. The minimum atomic E-state index is 0.462. The number of hydrogen-bond donors (Lipinski definition) is 0. The zero-order valence-electron chi connectivity index (χ0n) is 11.3. The normalized spacial score (nSPS) is 10.7. The van der Waals surface area contributed by atoms with Crippen molar-refractivity contribution in [3.63, 3.8) is 0 Å². The summed E-state index contributed by atoms with van der Waals surface area (Å²) in [6.07, 6.45) is 2.96. The fraction of sp³-hybridized carbons (Fsp3) is 0.692. The Hall–Kier alpha value is -0.870. The van der Waals surface area contributed by atoms with Crippen LogP contribution in [0.2, 0.25) is 5.15 Å². The fourth-order valence-electron chi connectivity index (χ4n) is 1.36. The molecule has 4 nitrogen and oxygen atoms in total. The third-order valence-electron chi connectivity index (χ3n) is 2.51. The van der Waals surface area contributed by atoms with E-state index in [2.05, 4.69) is 16.9 Å². The van der Waals surface area contributed by atoms with Crippen LogP contribution in [-0.2, 0) is 11.2 Å². The van der Waals surface area contributed by atoms with Gasteiger partial charge in [0.05, 0.1) is 6.61 Å². The average molecular weight is 273 g/mol. The monoisotopic (exact) mass is 272 g/mol. The van der Waals surface area contributed by atoms with E-state index < -0.39 is 0 Å². The summed E-state index contributed by atoms with van der Waals surface area (Å²) in [6.45, 7) is 7.82. The molecule has 0 aromatic carbocycles. The Kier molecular flexibility index (Phi) is 6.98. The molecule has 5 heteroatoms. The molecule has 0 radical (unpaired) electrons. The van der Waals surface area contributed by atoms with Gasteiger partial charge in [-0.15, -0.1) is 0 Å². The van der Waals surface area contributed by atoms with Crippen molar-refractivity contribution in [2.45, 2.75) is 40.0 Å². The van der Waals surface area contributed by atoms with E-state index in [-0.39, 0.29) is 0 Å². The Morgan fingerprint density at radius 1 is 1.11 bits per heavy atom. The molecule has 0 saturated heterocycles. The minimum Gasteiger partial charge on any atom is -0.475 e. The van der Waals surface area contributed by atoms with E-state index >= 15 is 0 Å². The van der Waals surface area contributed by atoms with Gasteiger partial charge in [-0.1, -0.05) is 31.9 Å². The lowest BCUT2D eigenvalue weighted by atomic mass is 10.3. The van der Waals surface area contributed by atoms with Gasteiger partial charge in [-0.05, 0) is 13.3 Å². The van der Waals surface area contributed by atoms with Crippen molar-refractivity contribution in [3.8, 4) is 5.88 Å². The summed E-state index contributed by atoms with van der Waals surface area (Å²) >= 11 is 6.02. The lowest BCUT2D eigenvalue weighted by Gasteiger charge is -2.10. The Morgan fingerprint density at radius 3 is 2.56 bits per heavy atom. The zero-order chi connectivity index (χ0) is 13.4. The van der Waals surface area contributed by atoms with Gasteiger partial charge in [-0.3, -0.25) is 0 Å². The van der Waals surface area contributed by atoms with Gasteiger partial charge in [-0.2, -0.15) is 4.98 Å². The van der Waals surface area contributed by atoms with E-state index in [1.807, 2.05) is 13.8 Å². The second kappa shape index (κ2) is 8.27. The lowest BCUT2D eigenvalue weighted by molar-refractivity contribution is 0.0961. The summed E-state index contributed by atoms with van der Waals surface area (Å²) in [6, 6.07) is 0. The molecule has 1 rings (SSSR count). The second-order valence-corrected chi connectivity index (χ2v) is 4.39. The summed E-state index contributed by atoms with van der Waals surface area (Å²) in [5.41, 5.74) is 0.780. The van der Waals surface area contributed by atoms with Crippen LogP contribution in [0.5, 0.6) is 5.88 Å².